The molecule has 4 rings (SSSR count). The van der Waals surface area contributed by atoms with Crippen LogP contribution >= 0.6 is 0 Å². The van der Waals surface area contributed by atoms with Gasteiger partial charge >= 0.3 is 0 Å². The van der Waals surface area contributed by atoms with Crippen molar-refractivity contribution in [3.63, 3.8) is 0 Å². The Morgan fingerprint density at radius 1 is 0.862 bits per heavy atom. The number of pyridine rings is 1. The zero-order valence-electron chi connectivity index (χ0n) is 15.4. The second-order valence-corrected chi connectivity index (χ2v) is 6.48. The zero-order chi connectivity index (χ0) is 20.2. The molecule has 0 aliphatic carbocycles. The topological polar surface area (TPSA) is 74.2 Å². The molecule has 1 N–H and O–H groups in total. The predicted octanol–water partition coefficient (Wildman–Crippen LogP) is 2.73. The number of amides is 1. The molecule has 0 radical (unpaired) electrons. The average Bonchev–Trinajstić information content (AvgIpc) is 2.77. The molecule has 1 aromatic carbocycles. The Morgan fingerprint density at radius 2 is 1.52 bits per heavy atom. The maximum Gasteiger partial charge on any atom is 0.258 e. The second-order valence-electron chi connectivity index (χ2n) is 6.48. The maximum atomic E-state index is 13.7. The summed E-state index contributed by atoms with van der Waals surface area (Å²) in [6, 6.07) is 9.18. The number of hydrogen-bond donors (Lipinski definition) is 1. The number of nitrogens with zero attached hydrogens (tertiary/aromatic N) is 5. The summed E-state index contributed by atoms with van der Waals surface area (Å²) in [5.41, 5.74) is -0.379. The minimum Gasteiger partial charge on any atom is -0.353 e. The smallest absolute Gasteiger partial charge is 0.258 e. The SMILES string of the molecule is O=C(Nc1c(F)cccc1F)c1cnc(N2CCN(c3ccccn3)CC2)nc1. The van der Waals surface area contributed by atoms with Gasteiger partial charge in [0.1, 0.15) is 23.1 Å². The van der Waals surface area contributed by atoms with Gasteiger partial charge in [0.2, 0.25) is 5.95 Å². The summed E-state index contributed by atoms with van der Waals surface area (Å²) in [6.07, 6.45) is 4.46. The molecule has 0 atom stereocenters. The van der Waals surface area contributed by atoms with Gasteiger partial charge in [-0.2, -0.15) is 0 Å². The number of benzene rings is 1. The van der Waals surface area contributed by atoms with Gasteiger partial charge in [0, 0.05) is 44.8 Å². The van der Waals surface area contributed by atoms with E-state index in [0.29, 0.717) is 19.0 Å². The highest BCUT2D eigenvalue weighted by atomic mass is 19.1. The lowest BCUT2D eigenvalue weighted by molar-refractivity contribution is 0.102. The van der Waals surface area contributed by atoms with E-state index in [1.807, 2.05) is 23.1 Å². The summed E-state index contributed by atoms with van der Waals surface area (Å²) in [4.78, 5) is 29.3. The van der Waals surface area contributed by atoms with Crippen LogP contribution in [0.2, 0.25) is 0 Å². The molecular weight excluding hydrogens is 378 g/mol. The summed E-state index contributed by atoms with van der Waals surface area (Å²) >= 11 is 0. The zero-order valence-corrected chi connectivity index (χ0v) is 15.4. The number of hydrogen-bond acceptors (Lipinski definition) is 6. The highest BCUT2D eigenvalue weighted by Gasteiger charge is 2.20. The molecular formula is C20H18F2N6O. The van der Waals surface area contributed by atoms with Crippen LogP contribution in [0.4, 0.5) is 26.2 Å². The Hall–Kier alpha value is -3.62. The number of carbonyl (C=O) groups excluding carboxylic acids is 1. The molecule has 1 aliphatic heterocycles. The molecule has 3 heterocycles. The molecule has 7 nitrogen and oxygen atoms in total. The third-order valence-corrected chi connectivity index (χ3v) is 4.64. The lowest BCUT2D eigenvalue weighted by atomic mass is 10.2. The van der Waals surface area contributed by atoms with E-state index in [2.05, 4.69) is 25.2 Å². The maximum absolute atomic E-state index is 13.7. The van der Waals surface area contributed by atoms with E-state index >= 15 is 0 Å². The summed E-state index contributed by atoms with van der Waals surface area (Å²) in [6.45, 7) is 2.97. The molecule has 148 valence electrons. The van der Waals surface area contributed by atoms with E-state index in [1.54, 1.807) is 6.20 Å². The number of piperazine rings is 1. The monoisotopic (exact) mass is 396 g/mol. The lowest BCUT2D eigenvalue weighted by Crippen LogP contribution is -2.47. The van der Waals surface area contributed by atoms with Crippen molar-refractivity contribution in [1.82, 2.24) is 15.0 Å². The van der Waals surface area contributed by atoms with Gasteiger partial charge in [-0.1, -0.05) is 12.1 Å². The van der Waals surface area contributed by atoms with Gasteiger partial charge in [0.15, 0.2) is 0 Å². The van der Waals surface area contributed by atoms with Crippen LogP contribution in [0, 0.1) is 11.6 Å². The van der Waals surface area contributed by atoms with Crippen molar-refractivity contribution in [1.29, 1.82) is 0 Å². The first-order valence-electron chi connectivity index (χ1n) is 9.10. The van der Waals surface area contributed by atoms with Crippen LogP contribution in [0.25, 0.3) is 0 Å². The Balaban J connectivity index is 1.39. The highest BCUT2D eigenvalue weighted by Crippen LogP contribution is 2.19. The fourth-order valence-corrected chi connectivity index (χ4v) is 3.08. The van der Waals surface area contributed by atoms with Crippen LogP contribution in [0.15, 0.2) is 55.0 Å². The van der Waals surface area contributed by atoms with Crippen molar-refractivity contribution >= 4 is 23.4 Å². The van der Waals surface area contributed by atoms with E-state index in [-0.39, 0.29) is 5.56 Å². The molecule has 29 heavy (non-hydrogen) atoms. The van der Waals surface area contributed by atoms with E-state index in [9.17, 15) is 13.6 Å². The van der Waals surface area contributed by atoms with E-state index in [1.165, 1.54) is 18.5 Å². The minimum absolute atomic E-state index is 0.114. The Bertz CT molecular complexity index is 971. The van der Waals surface area contributed by atoms with Gasteiger partial charge < -0.3 is 15.1 Å². The molecule has 0 bridgehead atoms. The molecule has 1 aliphatic rings. The number of carbonyl (C=O) groups is 1. The quantitative estimate of drug-likeness (QED) is 0.731. The first kappa shape index (κ1) is 18.7. The van der Waals surface area contributed by atoms with Crippen LogP contribution in [0.1, 0.15) is 10.4 Å². The number of rotatable bonds is 4. The Morgan fingerprint density at radius 3 is 2.14 bits per heavy atom. The van der Waals surface area contributed by atoms with Gasteiger partial charge in [-0.3, -0.25) is 4.79 Å². The van der Waals surface area contributed by atoms with Gasteiger partial charge in [0.05, 0.1) is 5.56 Å². The minimum atomic E-state index is -0.846. The summed E-state index contributed by atoms with van der Waals surface area (Å²) in [7, 11) is 0. The van der Waals surface area contributed by atoms with Crippen LogP contribution in [0.5, 0.6) is 0 Å². The van der Waals surface area contributed by atoms with E-state index in [4.69, 9.17) is 0 Å². The highest BCUT2D eigenvalue weighted by molar-refractivity contribution is 6.04. The number of halogens is 2. The number of nitrogens with one attached hydrogen (secondary N) is 1. The first-order chi connectivity index (χ1) is 14.1. The molecule has 1 fully saturated rings. The molecule has 3 aromatic rings. The third-order valence-electron chi connectivity index (χ3n) is 4.64. The summed E-state index contributed by atoms with van der Waals surface area (Å²) < 4.78 is 27.4. The molecule has 2 aromatic heterocycles. The molecule has 0 saturated carbocycles. The molecule has 0 unspecified atom stereocenters. The van der Waals surface area contributed by atoms with Crippen molar-refractivity contribution in [2.45, 2.75) is 0 Å². The normalized spacial score (nSPS) is 14.0. The van der Waals surface area contributed by atoms with Crippen molar-refractivity contribution in [3.8, 4) is 0 Å². The van der Waals surface area contributed by atoms with Crippen molar-refractivity contribution in [2.24, 2.45) is 0 Å². The lowest BCUT2D eigenvalue weighted by Gasteiger charge is -2.35. The third kappa shape index (κ3) is 4.13. The first-order valence-corrected chi connectivity index (χ1v) is 9.10. The second kappa shape index (κ2) is 8.17. The van der Waals surface area contributed by atoms with Gasteiger partial charge in [-0.05, 0) is 24.3 Å². The number of aromatic nitrogens is 3. The number of para-hydroxylation sites is 1. The van der Waals surface area contributed by atoms with Crippen molar-refractivity contribution in [3.05, 3.63) is 72.2 Å². The molecule has 1 saturated heterocycles. The predicted molar refractivity (Wildman–Crippen MR) is 105 cm³/mol. The van der Waals surface area contributed by atoms with Crippen molar-refractivity contribution < 1.29 is 13.6 Å². The van der Waals surface area contributed by atoms with Gasteiger partial charge in [0.25, 0.3) is 5.91 Å². The standard InChI is InChI=1S/C20H18F2N6O/c21-15-4-3-5-16(22)18(15)26-19(29)14-12-24-20(25-13-14)28-10-8-27(9-11-28)17-6-1-2-7-23-17/h1-7,12-13H,8-11H2,(H,26,29). The van der Waals surface area contributed by atoms with E-state index < -0.39 is 23.2 Å². The molecule has 1 amide bonds. The van der Waals surface area contributed by atoms with Crippen LogP contribution in [-0.4, -0.2) is 47.0 Å². The molecule has 0 spiro atoms. The Labute approximate surface area is 166 Å². The fourth-order valence-electron chi connectivity index (χ4n) is 3.08. The van der Waals surface area contributed by atoms with E-state index in [0.717, 1.165) is 31.0 Å². The van der Waals surface area contributed by atoms with Crippen LogP contribution in [-0.2, 0) is 0 Å². The fraction of sp³-hybridized carbons (Fsp3) is 0.200. The van der Waals surface area contributed by atoms with Gasteiger partial charge in [-0.15, -0.1) is 0 Å². The molecule has 9 heteroatoms. The van der Waals surface area contributed by atoms with Crippen molar-refractivity contribution in [2.75, 3.05) is 41.3 Å². The average molecular weight is 396 g/mol. The number of anilines is 3. The summed E-state index contributed by atoms with van der Waals surface area (Å²) in [5.74, 6) is -0.941. The van der Waals surface area contributed by atoms with Gasteiger partial charge in [-0.25, -0.2) is 23.7 Å². The van der Waals surface area contributed by atoms with Crippen LogP contribution in [0.3, 0.4) is 0 Å². The van der Waals surface area contributed by atoms with Crippen LogP contribution < -0.4 is 15.1 Å². The Kier molecular flexibility index (Phi) is 5.28. The largest absolute Gasteiger partial charge is 0.353 e. The summed E-state index contributed by atoms with van der Waals surface area (Å²) in [5, 5.41) is 2.22.